The molecule has 0 amide bonds. The summed E-state index contributed by atoms with van der Waals surface area (Å²) in [5.74, 6) is 0. The second-order valence-electron chi connectivity index (χ2n) is 4.25. The molecule has 0 fully saturated rings. The molecule has 0 atom stereocenters. The van der Waals surface area contributed by atoms with Crippen LogP contribution in [0, 0.1) is 0 Å². The van der Waals surface area contributed by atoms with E-state index in [1.165, 1.54) is 38.5 Å². The minimum atomic E-state index is -0.0168. The van der Waals surface area contributed by atoms with Crippen LogP contribution in [0.1, 0.15) is 57.6 Å². The van der Waals surface area contributed by atoms with Crippen LogP contribution < -0.4 is 0 Å². The van der Waals surface area contributed by atoms with E-state index in [9.17, 15) is 0 Å². The maximum Gasteiger partial charge on any atom is 0.108 e. The van der Waals surface area contributed by atoms with Crippen molar-refractivity contribution >= 4 is 0 Å². The van der Waals surface area contributed by atoms with E-state index in [0.717, 1.165) is 13.0 Å². The van der Waals surface area contributed by atoms with Crippen LogP contribution in [0.5, 0.6) is 0 Å². The maximum absolute atomic E-state index is 8.83. The molecule has 1 aromatic rings. The molecule has 0 bridgehead atoms. The van der Waals surface area contributed by atoms with Crippen molar-refractivity contribution in [3.63, 3.8) is 0 Å². The molecule has 1 N–H and O–H groups in total. The van der Waals surface area contributed by atoms with E-state index in [0.29, 0.717) is 5.69 Å². The lowest BCUT2D eigenvalue weighted by atomic mass is 10.1. The molecular formula is C12H23N3O. The zero-order chi connectivity index (χ0) is 11.6. The predicted octanol–water partition coefficient (Wildman–Crippen LogP) is 2.52. The summed E-state index contributed by atoms with van der Waals surface area (Å²) in [6.07, 6.45) is 10.9. The SMILES string of the molecule is CCCCCCCCCn1cc(CO)nn1. The monoisotopic (exact) mass is 225 g/mol. The molecule has 4 heteroatoms. The van der Waals surface area contributed by atoms with Gasteiger partial charge in [0.25, 0.3) is 0 Å². The van der Waals surface area contributed by atoms with Crippen molar-refractivity contribution in [1.82, 2.24) is 15.0 Å². The molecule has 0 spiro atoms. The van der Waals surface area contributed by atoms with Crippen LogP contribution in [0.3, 0.4) is 0 Å². The highest BCUT2D eigenvalue weighted by atomic mass is 16.3. The molecular weight excluding hydrogens is 202 g/mol. The van der Waals surface area contributed by atoms with E-state index < -0.39 is 0 Å². The molecule has 1 heterocycles. The van der Waals surface area contributed by atoms with Crippen LogP contribution in [0.4, 0.5) is 0 Å². The van der Waals surface area contributed by atoms with Gasteiger partial charge in [0, 0.05) is 6.54 Å². The van der Waals surface area contributed by atoms with E-state index in [2.05, 4.69) is 17.2 Å². The first-order valence-electron chi connectivity index (χ1n) is 6.36. The molecule has 16 heavy (non-hydrogen) atoms. The fourth-order valence-electron chi connectivity index (χ4n) is 1.75. The molecule has 1 rings (SSSR count). The van der Waals surface area contributed by atoms with Crippen molar-refractivity contribution in [3.8, 4) is 0 Å². The number of rotatable bonds is 9. The highest BCUT2D eigenvalue weighted by Gasteiger charge is 1.98. The van der Waals surface area contributed by atoms with Crippen molar-refractivity contribution in [3.05, 3.63) is 11.9 Å². The first-order valence-corrected chi connectivity index (χ1v) is 6.36. The van der Waals surface area contributed by atoms with Gasteiger partial charge >= 0.3 is 0 Å². The Hall–Kier alpha value is -0.900. The molecule has 0 aromatic carbocycles. The van der Waals surface area contributed by atoms with Gasteiger partial charge in [-0.05, 0) is 6.42 Å². The molecule has 1 aromatic heterocycles. The number of aliphatic hydroxyl groups is 1. The van der Waals surface area contributed by atoms with Crippen molar-refractivity contribution < 1.29 is 5.11 Å². The van der Waals surface area contributed by atoms with Gasteiger partial charge in [0.2, 0.25) is 0 Å². The third-order valence-electron chi connectivity index (χ3n) is 2.74. The largest absolute Gasteiger partial charge is 0.390 e. The number of aryl methyl sites for hydroxylation is 1. The van der Waals surface area contributed by atoms with Gasteiger partial charge < -0.3 is 5.11 Å². The molecule has 0 saturated heterocycles. The van der Waals surface area contributed by atoms with Gasteiger partial charge in [-0.15, -0.1) is 5.10 Å². The first-order chi connectivity index (χ1) is 7.86. The first kappa shape index (κ1) is 13.2. The standard InChI is InChI=1S/C12H23N3O/c1-2-3-4-5-6-7-8-9-15-10-12(11-16)13-14-15/h10,16H,2-9,11H2,1H3. The van der Waals surface area contributed by atoms with Crippen LogP contribution >= 0.6 is 0 Å². The lowest BCUT2D eigenvalue weighted by Crippen LogP contribution is -1.98. The number of hydrogen-bond acceptors (Lipinski definition) is 3. The van der Waals surface area contributed by atoms with Gasteiger partial charge in [-0.1, -0.05) is 50.7 Å². The number of aromatic nitrogens is 3. The lowest BCUT2D eigenvalue weighted by Gasteiger charge is -2.01. The topological polar surface area (TPSA) is 50.9 Å². The third-order valence-corrected chi connectivity index (χ3v) is 2.74. The summed E-state index contributed by atoms with van der Waals surface area (Å²) >= 11 is 0. The summed E-state index contributed by atoms with van der Waals surface area (Å²) in [6.45, 7) is 3.14. The quantitative estimate of drug-likeness (QED) is 0.657. The number of unbranched alkanes of at least 4 members (excludes halogenated alkanes) is 6. The molecule has 4 nitrogen and oxygen atoms in total. The van der Waals surface area contributed by atoms with Crippen molar-refractivity contribution in [2.24, 2.45) is 0 Å². The number of hydrogen-bond donors (Lipinski definition) is 1. The average Bonchev–Trinajstić information content (AvgIpc) is 2.76. The van der Waals surface area contributed by atoms with Gasteiger partial charge in [0.05, 0.1) is 12.8 Å². The number of aliphatic hydroxyl groups excluding tert-OH is 1. The fourth-order valence-corrected chi connectivity index (χ4v) is 1.75. The van der Waals surface area contributed by atoms with Gasteiger partial charge in [-0.3, -0.25) is 4.68 Å². The van der Waals surface area contributed by atoms with Gasteiger partial charge in [-0.25, -0.2) is 0 Å². The van der Waals surface area contributed by atoms with Gasteiger partial charge in [-0.2, -0.15) is 0 Å². The summed E-state index contributed by atoms with van der Waals surface area (Å²) in [6, 6.07) is 0. The zero-order valence-corrected chi connectivity index (χ0v) is 10.2. The lowest BCUT2D eigenvalue weighted by molar-refractivity contribution is 0.276. The molecule has 0 unspecified atom stereocenters. The Morgan fingerprint density at radius 3 is 2.44 bits per heavy atom. The van der Waals surface area contributed by atoms with E-state index in [4.69, 9.17) is 5.11 Å². The summed E-state index contributed by atoms with van der Waals surface area (Å²) in [7, 11) is 0. The zero-order valence-electron chi connectivity index (χ0n) is 10.2. The van der Waals surface area contributed by atoms with E-state index in [1.807, 2.05) is 10.9 Å². The smallest absolute Gasteiger partial charge is 0.108 e. The normalized spacial score (nSPS) is 10.9. The van der Waals surface area contributed by atoms with Crippen molar-refractivity contribution in [2.45, 2.75) is 65.0 Å². The predicted molar refractivity (Wildman–Crippen MR) is 63.9 cm³/mol. The summed E-state index contributed by atoms with van der Waals surface area (Å²) in [4.78, 5) is 0. The second-order valence-corrected chi connectivity index (χ2v) is 4.25. The molecule has 0 saturated carbocycles. The van der Waals surface area contributed by atoms with Crippen molar-refractivity contribution in [2.75, 3.05) is 0 Å². The summed E-state index contributed by atoms with van der Waals surface area (Å²) in [5, 5.41) is 16.6. The third kappa shape index (κ3) is 5.26. The van der Waals surface area contributed by atoms with E-state index >= 15 is 0 Å². The second kappa shape index (κ2) is 8.28. The maximum atomic E-state index is 8.83. The van der Waals surface area contributed by atoms with Crippen LogP contribution in [-0.4, -0.2) is 20.1 Å². The summed E-state index contributed by atoms with van der Waals surface area (Å²) < 4.78 is 1.82. The number of nitrogens with zero attached hydrogens (tertiary/aromatic N) is 3. The van der Waals surface area contributed by atoms with Gasteiger partial charge in [0.15, 0.2) is 0 Å². The molecule has 0 aliphatic heterocycles. The Bertz CT molecular complexity index is 273. The highest BCUT2D eigenvalue weighted by Crippen LogP contribution is 2.07. The molecule has 92 valence electrons. The minimum Gasteiger partial charge on any atom is -0.390 e. The minimum absolute atomic E-state index is 0.0168. The molecule has 0 radical (unpaired) electrons. The van der Waals surface area contributed by atoms with Crippen LogP contribution in [0.15, 0.2) is 6.20 Å². The Labute approximate surface area is 97.7 Å². The Morgan fingerprint density at radius 2 is 1.81 bits per heavy atom. The van der Waals surface area contributed by atoms with E-state index in [-0.39, 0.29) is 6.61 Å². The Morgan fingerprint density at radius 1 is 1.12 bits per heavy atom. The Kier molecular flexibility index (Phi) is 6.81. The van der Waals surface area contributed by atoms with Crippen LogP contribution in [0.25, 0.3) is 0 Å². The highest BCUT2D eigenvalue weighted by molar-refractivity contribution is 4.88. The molecule has 0 aliphatic carbocycles. The fraction of sp³-hybridized carbons (Fsp3) is 0.833. The summed E-state index contributed by atoms with van der Waals surface area (Å²) in [5.41, 5.74) is 0.656. The molecule has 0 aliphatic rings. The van der Waals surface area contributed by atoms with Crippen molar-refractivity contribution in [1.29, 1.82) is 0 Å². The van der Waals surface area contributed by atoms with E-state index in [1.54, 1.807) is 0 Å². The van der Waals surface area contributed by atoms with Gasteiger partial charge in [0.1, 0.15) is 5.69 Å². The van der Waals surface area contributed by atoms with Crippen LogP contribution in [-0.2, 0) is 13.2 Å². The van der Waals surface area contributed by atoms with Crippen LogP contribution in [0.2, 0.25) is 0 Å². The Balaban J connectivity index is 1.98. The average molecular weight is 225 g/mol.